The van der Waals surface area contributed by atoms with Crippen molar-refractivity contribution >= 4 is 74.8 Å². The number of Topliss-reactive ketones (excluding diaryl/α,β-unsaturated/α-hetero) is 1. The molecule has 5 aromatic rings. The predicted octanol–water partition coefficient (Wildman–Crippen LogP) is 12.2. The van der Waals surface area contributed by atoms with Crippen LogP contribution in [0, 0.1) is 6.92 Å². The lowest BCUT2D eigenvalue weighted by atomic mass is 9.81. The van der Waals surface area contributed by atoms with Gasteiger partial charge in [0.15, 0.2) is 11.5 Å². The normalized spacial score (nSPS) is 19.5. The van der Waals surface area contributed by atoms with Crippen LogP contribution in [0.3, 0.4) is 0 Å². The van der Waals surface area contributed by atoms with Gasteiger partial charge >= 0.3 is 5.97 Å². The number of nitrogens with zero attached hydrogens (tertiary/aromatic N) is 9. The van der Waals surface area contributed by atoms with E-state index in [9.17, 15) is 24.3 Å². The van der Waals surface area contributed by atoms with Gasteiger partial charge in [-0.25, -0.2) is 9.97 Å². The summed E-state index contributed by atoms with van der Waals surface area (Å²) in [6, 6.07) is 21.3. The van der Waals surface area contributed by atoms with Gasteiger partial charge in [0, 0.05) is 115 Å². The quantitative estimate of drug-likeness (QED) is 0.0331. The number of aryl methyl sites for hydroxylation is 1. The minimum atomic E-state index is -0.741. The van der Waals surface area contributed by atoms with Gasteiger partial charge in [-0.1, -0.05) is 87.2 Å². The molecule has 436 valence electrons. The molecule has 0 bridgehead atoms. The zero-order valence-electron chi connectivity index (χ0n) is 49.9. The highest BCUT2D eigenvalue weighted by molar-refractivity contribution is 6.32. The molecule has 0 spiro atoms. The number of halogens is 1. The molecular weight excluding hydrogens is 1060 g/mol. The molecule has 1 amide bonds. The fourth-order valence-electron chi connectivity index (χ4n) is 13.6. The second-order valence-electron chi connectivity index (χ2n) is 25.2. The average Bonchev–Trinajstić information content (AvgIpc) is 2.52. The maximum Gasteiger partial charge on any atom is 0.303 e. The second-order valence-corrected chi connectivity index (χ2v) is 25.5. The number of fused-ring (bicyclic) bond motifs is 3. The van der Waals surface area contributed by atoms with Crippen molar-refractivity contribution in [2.24, 2.45) is 0 Å². The van der Waals surface area contributed by atoms with Crippen LogP contribution in [0.2, 0.25) is 0 Å². The van der Waals surface area contributed by atoms with Gasteiger partial charge in [-0.15, -0.1) is 0 Å². The van der Waals surface area contributed by atoms with Crippen LogP contribution in [0.4, 0.5) is 28.8 Å². The summed E-state index contributed by atoms with van der Waals surface area (Å²) >= 11 is 7.47. The van der Waals surface area contributed by atoms with Gasteiger partial charge in [-0.3, -0.25) is 23.7 Å². The molecule has 7 heterocycles. The highest BCUT2D eigenvalue weighted by atomic mass is 35.5. The number of hydrogen-bond acceptors (Lipinski definition) is 10. The zero-order valence-corrected chi connectivity index (χ0v) is 50.7. The molecule has 3 aromatic heterocycles. The second kappa shape index (κ2) is 24.5. The summed E-state index contributed by atoms with van der Waals surface area (Å²) in [5, 5.41) is 13.9. The summed E-state index contributed by atoms with van der Waals surface area (Å²) in [7, 11) is 4.54. The van der Waals surface area contributed by atoms with E-state index in [1.807, 2.05) is 23.2 Å². The van der Waals surface area contributed by atoms with E-state index in [-0.39, 0.29) is 46.1 Å². The number of nitrogens with one attached hydrogen (secondary N) is 1. The number of para-hydroxylation sites is 2. The first-order valence-corrected chi connectivity index (χ1v) is 30.4. The number of ketones is 1. The summed E-state index contributed by atoms with van der Waals surface area (Å²) in [5.74, 6) is 0.118. The molecule has 2 N–H and O–H groups in total. The third kappa shape index (κ3) is 12.4. The highest BCUT2D eigenvalue weighted by Crippen LogP contribution is 2.48. The molecule has 0 unspecified atom stereocenters. The van der Waals surface area contributed by atoms with Gasteiger partial charge in [0.2, 0.25) is 17.5 Å². The van der Waals surface area contributed by atoms with Crippen LogP contribution in [0.25, 0.3) is 11.0 Å². The Morgan fingerprint density at radius 3 is 2.25 bits per heavy atom. The molecule has 2 fully saturated rings. The van der Waals surface area contributed by atoms with Crippen molar-refractivity contribution in [3.8, 4) is 0 Å². The number of quaternary nitrogens is 1. The zero-order chi connectivity index (χ0) is 58.8. The number of rotatable bonds is 20. The Morgan fingerprint density at radius 2 is 1.53 bits per heavy atom. The minimum absolute atomic E-state index is 0.00558. The number of allylic oxidation sites excluding steroid dienone is 4. The maximum absolute atomic E-state index is 13.7. The number of likely N-dealkylation sites (N-methyl/N-ethyl adjacent to an activating group) is 1. The summed E-state index contributed by atoms with van der Waals surface area (Å²) in [6.45, 7) is 18.4. The Hall–Kier alpha value is -7.23. The molecule has 1 saturated carbocycles. The summed E-state index contributed by atoms with van der Waals surface area (Å²) in [4.78, 5) is 71.9. The number of carbonyl (C=O) groups is 3. The number of benzene rings is 2. The molecular formula is C67H83ClN10O5+2. The van der Waals surface area contributed by atoms with E-state index < -0.39 is 5.97 Å². The number of pyridine rings is 2. The van der Waals surface area contributed by atoms with Crippen molar-refractivity contribution in [3.63, 3.8) is 0 Å². The molecule has 15 nitrogen and oxygen atoms in total. The number of piperazine rings is 1. The van der Waals surface area contributed by atoms with Crippen LogP contribution in [0.5, 0.6) is 0 Å². The summed E-state index contributed by atoms with van der Waals surface area (Å²) in [6.07, 6.45) is 22.3. The number of aromatic nitrogens is 4. The number of carbonyl (C=O) groups excluding carboxylic acids is 2. The van der Waals surface area contributed by atoms with E-state index in [2.05, 4.69) is 139 Å². The van der Waals surface area contributed by atoms with Crippen LogP contribution in [-0.4, -0.2) is 128 Å². The van der Waals surface area contributed by atoms with Gasteiger partial charge in [0.1, 0.15) is 31.1 Å². The van der Waals surface area contributed by atoms with Gasteiger partial charge < -0.3 is 29.6 Å². The molecule has 2 aromatic carbocycles. The number of amides is 1. The first kappa shape index (κ1) is 58.9. The third-order valence-electron chi connectivity index (χ3n) is 18.0. The van der Waals surface area contributed by atoms with Crippen molar-refractivity contribution < 1.29 is 28.5 Å². The van der Waals surface area contributed by atoms with Crippen LogP contribution in [-0.2, 0) is 20.4 Å². The van der Waals surface area contributed by atoms with Gasteiger partial charge in [0.05, 0.1) is 42.0 Å². The van der Waals surface area contributed by atoms with E-state index in [1.165, 1.54) is 40.8 Å². The van der Waals surface area contributed by atoms with Crippen molar-refractivity contribution in [2.45, 2.75) is 135 Å². The van der Waals surface area contributed by atoms with E-state index in [0.29, 0.717) is 67.4 Å². The number of hydrogen-bond donors (Lipinski definition) is 2. The van der Waals surface area contributed by atoms with Crippen LogP contribution < -0.4 is 20.7 Å². The van der Waals surface area contributed by atoms with Crippen LogP contribution in [0.15, 0.2) is 124 Å². The van der Waals surface area contributed by atoms with Gasteiger partial charge in [-0.05, 0) is 108 Å². The Labute approximate surface area is 494 Å². The van der Waals surface area contributed by atoms with Gasteiger partial charge in [-0.2, -0.15) is 9.56 Å². The largest absolute Gasteiger partial charge is 0.481 e. The Bertz CT molecular complexity index is 3540. The van der Waals surface area contributed by atoms with Crippen LogP contribution in [0.1, 0.15) is 145 Å². The summed E-state index contributed by atoms with van der Waals surface area (Å²) in [5.41, 5.74) is 11.3. The topological polar surface area (TPSA) is 157 Å². The minimum Gasteiger partial charge on any atom is -0.481 e. The highest BCUT2D eigenvalue weighted by Gasteiger charge is 2.44. The Balaban J connectivity index is 0.755. The SMILES string of the molecule is CC(=O)c1c(C)c2cnc(Nc3ccc(N4CCN(C(=O)CCCCC[N+]5=C(C=CC6=C(Cl)C(=CC=C7N(CCCCCC(=O)O)c8ccccc8C7(C)C)C[N+](C)(C)C6)C(C)(C)c6ccccc65)CC4)cn3)nc2n(C2CCCC2)c1=O. The molecule has 1 aliphatic carbocycles. The third-order valence-corrected chi connectivity index (χ3v) is 18.5. The fraction of sp³-hybridized carbons (Fsp3) is 0.463. The summed E-state index contributed by atoms with van der Waals surface area (Å²) < 4.78 is 4.97. The van der Waals surface area contributed by atoms with E-state index in [0.717, 1.165) is 110 Å². The smallest absolute Gasteiger partial charge is 0.303 e. The van der Waals surface area contributed by atoms with E-state index in [4.69, 9.17) is 21.6 Å². The lowest BCUT2D eigenvalue weighted by Crippen LogP contribution is -2.48. The van der Waals surface area contributed by atoms with Crippen LogP contribution >= 0.6 is 11.6 Å². The molecule has 5 aliphatic rings. The number of unbranched alkanes of at least 4 members (excludes halogenated alkanes) is 4. The Morgan fingerprint density at radius 1 is 0.819 bits per heavy atom. The fourth-order valence-corrected chi connectivity index (χ4v) is 13.8. The lowest BCUT2D eigenvalue weighted by molar-refractivity contribution is -0.881. The standard InChI is InChI=1S/C67H81ClN10O5/c1-45-51-42-70-65(72-63(51)77(49-21-13-14-22-49)64(83)61(45)46(2)79)71-58-34-31-50(41-69-58)73-37-39-74(40-38-73)59(80)27-11-9-19-35-75-54-25-17-15-23-52(54)66(3,4)56(75)32-29-47-43-78(7,8)44-48(62(47)68)30-33-57-67(5,6)53-24-16-18-26-55(53)76(57)36-20-10-12-28-60(81)82/h15-18,23-26,29-34,41-42,49H,9-14,19-22,27-28,35-40,43-44H2,1-8H3/p+2. The molecule has 10 rings (SSSR count). The maximum atomic E-state index is 13.7. The van der Waals surface area contributed by atoms with Crippen molar-refractivity contribution in [1.29, 1.82) is 0 Å². The first-order chi connectivity index (χ1) is 39.7. The molecule has 1 saturated heterocycles. The van der Waals surface area contributed by atoms with Gasteiger partial charge in [0.25, 0.3) is 5.56 Å². The lowest BCUT2D eigenvalue weighted by Gasteiger charge is -2.36. The average molecular weight is 1140 g/mol. The monoisotopic (exact) mass is 1140 g/mol. The number of carboxylic acid groups (broad SMARTS) is 1. The molecule has 83 heavy (non-hydrogen) atoms. The Kier molecular flexibility index (Phi) is 17.4. The predicted molar refractivity (Wildman–Crippen MR) is 333 cm³/mol. The first-order valence-electron chi connectivity index (χ1n) is 30.1. The van der Waals surface area contributed by atoms with Crippen molar-refractivity contribution in [2.75, 3.05) is 81.6 Å². The number of aliphatic carboxylic acids is 1. The molecule has 4 aliphatic heterocycles. The van der Waals surface area contributed by atoms with Crippen molar-refractivity contribution in [1.82, 2.24) is 24.4 Å². The van der Waals surface area contributed by atoms with E-state index >= 15 is 0 Å². The number of anilines is 4. The molecule has 16 heteroatoms. The molecule has 0 atom stereocenters. The van der Waals surface area contributed by atoms with E-state index in [1.54, 1.807) is 17.7 Å². The number of carboxylic acids is 1. The van der Waals surface area contributed by atoms with Crippen molar-refractivity contribution in [3.05, 3.63) is 152 Å². The molecule has 0 radical (unpaired) electrons.